The summed E-state index contributed by atoms with van der Waals surface area (Å²) in [5.74, 6) is 0.303. The molecule has 1 N–H and O–H groups in total. The summed E-state index contributed by atoms with van der Waals surface area (Å²) in [6.07, 6.45) is 3.42. The molecular formula is C20H20ClN5O2. The lowest BCUT2D eigenvalue weighted by atomic mass is 9.96. The van der Waals surface area contributed by atoms with Gasteiger partial charge in [0.05, 0.1) is 12.5 Å². The molecule has 1 aliphatic rings. The Hall–Kier alpha value is -2.93. The van der Waals surface area contributed by atoms with Crippen molar-refractivity contribution in [1.29, 1.82) is 0 Å². The Balaban J connectivity index is 1.38. The molecular weight excluding hydrogens is 378 g/mol. The summed E-state index contributed by atoms with van der Waals surface area (Å²) >= 11 is 5.89. The molecule has 0 radical (unpaired) electrons. The number of fused-ring (bicyclic) bond motifs is 1. The van der Waals surface area contributed by atoms with Crippen molar-refractivity contribution >= 4 is 29.1 Å². The number of rotatable bonds is 4. The van der Waals surface area contributed by atoms with Crippen molar-refractivity contribution in [3.63, 3.8) is 0 Å². The fraction of sp³-hybridized carbons (Fsp3) is 0.300. The van der Waals surface area contributed by atoms with Gasteiger partial charge in [0.15, 0.2) is 11.5 Å². The van der Waals surface area contributed by atoms with Gasteiger partial charge in [-0.25, -0.2) is 0 Å². The SMILES string of the molecule is O=C(NCc1nnc2ccccn12)C1CCCN(C(=O)c2ccc(Cl)cc2)C1. The number of likely N-dealkylation sites (tertiary alicyclic amines) is 1. The molecule has 0 saturated carbocycles. The molecule has 2 aromatic heterocycles. The van der Waals surface area contributed by atoms with Crippen molar-refractivity contribution in [2.45, 2.75) is 19.4 Å². The molecule has 0 aliphatic carbocycles. The van der Waals surface area contributed by atoms with E-state index in [0.29, 0.717) is 36.0 Å². The number of nitrogens with one attached hydrogen (secondary N) is 1. The summed E-state index contributed by atoms with van der Waals surface area (Å²) in [5.41, 5.74) is 1.32. The molecule has 144 valence electrons. The van der Waals surface area contributed by atoms with E-state index in [1.807, 2.05) is 28.8 Å². The smallest absolute Gasteiger partial charge is 0.253 e. The maximum atomic E-state index is 12.7. The highest BCUT2D eigenvalue weighted by molar-refractivity contribution is 6.30. The Morgan fingerprint density at radius 3 is 2.79 bits per heavy atom. The highest BCUT2D eigenvalue weighted by Crippen LogP contribution is 2.20. The van der Waals surface area contributed by atoms with E-state index in [1.165, 1.54) is 0 Å². The second-order valence-corrected chi connectivity index (χ2v) is 7.30. The number of carbonyl (C=O) groups excluding carboxylic acids is 2. The largest absolute Gasteiger partial charge is 0.348 e. The fourth-order valence-electron chi connectivity index (χ4n) is 3.47. The van der Waals surface area contributed by atoms with Gasteiger partial charge in [0.1, 0.15) is 0 Å². The summed E-state index contributed by atoms with van der Waals surface area (Å²) in [7, 11) is 0. The molecule has 28 heavy (non-hydrogen) atoms. The lowest BCUT2D eigenvalue weighted by Crippen LogP contribution is -2.45. The number of carbonyl (C=O) groups is 2. The maximum absolute atomic E-state index is 12.7. The van der Waals surface area contributed by atoms with E-state index in [4.69, 9.17) is 11.6 Å². The molecule has 1 aromatic carbocycles. The van der Waals surface area contributed by atoms with Crippen LogP contribution in [0.4, 0.5) is 0 Å². The summed E-state index contributed by atoms with van der Waals surface area (Å²) in [4.78, 5) is 27.1. The first-order chi connectivity index (χ1) is 13.6. The third-order valence-electron chi connectivity index (χ3n) is 4.98. The topological polar surface area (TPSA) is 79.6 Å². The number of halogens is 1. The van der Waals surface area contributed by atoms with Gasteiger partial charge in [0.25, 0.3) is 5.91 Å². The van der Waals surface area contributed by atoms with Crippen LogP contribution in [0.5, 0.6) is 0 Å². The number of amides is 2. The maximum Gasteiger partial charge on any atom is 0.253 e. The zero-order chi connectivity index (χ0) is 19.5. The minimum Gasteiger partial charge on any atom is -0.348 e. The molecule has 1 saturated heterocycles. The first-order valence-corrected chi connectivity index (χ1v) is 9.61. The zero-order valence-electron chi connectivity index (χ0n) is 15.2. The molecule has 4 rings (SSSR count). The van der Waals surface area contributed by atoms with Gasteiger partial charge in [0, 0.05) is 29.9 Å². The van der Waals surface area contributed by atoms with Gasteiger partial charge in [-0.15, -0.1) is 10.2 Å². The number of pyridine rings is 1. The summed E-state index contributed by atoms with van der Waals surface area (Å²) in [6, 6.07) is 12.5. The molecule has 0 bridgehead atoms. The second-order valence-electron chi connectivity index (χ2n) is 6.86. The van der Waals surface area contributed by atoms with Crippen molar-refractivity contribution in [2.75, 3.05) is 13.1 Å². The quantitative estimate of drug-likeness (QED) is 0.733. The minimum absolute atomic E-state index is 0.0683. The van der Waals surface area contributed by atoms with Crippen LogP contribution in [0.25, 0.3) is 5.65 Å². The first kappa shape index (κ1) is 18.4. The van der Waals surface area contributed by atoms with E-state index < -0.39 is 0 Å². The van der Waals surface area contributed by atoms with Crippen molar-refractivity contribution in [3.8, 4) is 0 Å². The number of piperidine rings is 1. The number of nitrogens with zero attached hydrogens (tertiary/aromatic N) is 4. The lowest BCUT2D eigenvalue weighted by Gasteiger charge is -2.32. The van der Waals surface area contributed by atoms with Gasteiger partial charge in [-0.2, -0.15) is 0 Å². The van der Waals surface area contributed by atoms with Crippen molar-refractivity contribution < 1.29 is 9.59 Å². The van der Waals surface area contributed by atoms with E-state index in [1.54, 1.807) is 29.2 Å². The standard InChI is InChI=1S/C20H20ClN5O2/c21-16-8-6-14(7-9-16)20(28)25-10-3-4-15(13-25)19(27)22-12-18-24-23-17-5-1-2-11-26(17)18/h1-2,5-9,11,15H,3-4,10,12-13H2,(H,22,27). The molecule has 3 aromatic rings. The van der Waals surface area contributed by atoms with Crippen LogP contribution in [0.2, 0.25) is 5.02 Å². The minimum atomic E-state index is -0.232. The molecule has 1 aliphatic heterocycles. The van der Waals surface area contributed by atoms with Gasteiger partial charge >= 0.3 is 0 Å². The van der Waals surface area contributed by atoms with Crippen LogP contribution in [-0.2, 0) is 11.3 Å². The molecule has 1 fully saturated rings. The van der Waals surface area contributed by atoms with Crippen LogP contribution in [0.3, 0.4) is 0 Å². The normalized spacial score (nSPS) is 16.9. The van der Waals surface area contributed by atoms with Gasteiger partial charge in [0.2, 0.25) is 5.91 Å². The van der Waals surface area contributed by atoms with E-state index in [-0.39, 0.29) is 17.7 Å². The van der Waals surface area contributed by atoms with Crippen LogP contribution < -0.4 is 5.32 Å². The number of aromatic nitrogens is 3. The second kappa shape index (κ2) is 7.98. The monoisotopic (exact) mass is 397 g/mol. The van der Waals surface area contributed by atoms with Crippen LogP contribution in [0.15, 0.2) is 48.7 Å². The number of hydrogen-bond acceptors (Lipinski definition) is 4. The van der Waals surface area contributed by atoms with Crippen LogP contribution in [-0.4, -0.2) is 44.4 Å². The Kier molecular flexibility index (Phi) is 5.25. The molecule has 0 spiro atoms. The summed E-state index contributed by atoms with van der Waals surface area (Å²) in [5, 5.41) is 11.7. The highest BCUT2D eigenvalue weighted by Gasteiger charge is 2.29. The van der Waals surface area contributed by atoms with Gasteiger partial charge in [-0.3, -0.25) is 14.0 Å². The molecule has 2 amide bonds. The Bertz CT molecular complexity index is 1000. The third kappa shape index (κ3) is 3.84. The van der Waals surface area contributed by atoms with Gasteiger partial charge in [-0.05, 0) is 49.2 Å². The Labute approximate surface area is 167 Å². The van der Waals surface area contributed by atoms with Crippen LogP contribution in [0.1, 0.15) is 29.0 Å². The third-order valence-corrected chi connectivity index (χ3v) is 5.23. The molecule has 1 unspecified atom stereocenters. The van der Waals surface area contributed by atoms with Crippen LogP contribution >= 0.6 is 11.6 Å². The predicted molar refractivity (Wildman–Crippen MR) is 105 cm³/mol. The molecule has 3 heterocycles. The first-order valence-electron chi connectivity index (χ1n) is 9.23. The molecule has 8 heteroatoms. The number of hydrogen-bond donors (Lipinski definition) is 1. The van der Waals surface area contributed by atoms with E-state index in [9.17, 15) is 9.59 Å². The average Bonchev–Trinajstić information content (AvgIpc) is 3.15. The van der Waals surface area contributed by atoms with Gasteiger partial charge in [-0.1, -0.05) is 17.7 Å². The van der Waals surface area contributed by atoms with Gasteiger partial charge < -0.3 is 10.2 Å². The number of benzene rings is 1. The summed E-state index contributed by atoms with van der Waals surface area (Å²) in [6.45, 7) is 1.36. The van der Waals surface area contributed by atoms with E-state index in [2.05, 4.69) is 15.5 Å². The van der Waals surface area contributed by atoms with E-state index >= 15 is 0 Å². The lowest BCUT2D eigenvalue weighted by molar-refractivity contribution is -0.126. The Morgan fingerprint density at radius 1 is 1.14 bits per heavy atom. The zero-order valence-corrected chi connectivity index (χ0v) is 16.0. The predicted octanol–water partition coefficient (Wildman–Crippen LogP) is 2.55. The summed E-state index contributed by atoms with van der Waals surface area (Å²) < 4.78 is 1.84. The van der Waals surface area contributed by atoms with Crippen molar-refractivity contribution in [1.82, 2.24) is 24.8 Å². The van der Waals surface area contributed by atoms with Crippen LogP contribution in [0, 0.1) is 5.92 Å². The van der Waals surface area contributed by atoms with Crippen molar-refractivity contribution in [2.24, 2.45) is 5.92 Å². The fourth-order valence-corrected chi connectivity index (χ4v) is 3.60. The molecule has 1 atom stereocenters. The van der Waals surface area contributed by atoms with E-state index in [0.717, 1.165) is 18.5 Å². The van der Waals surface area contributed by atoms with Crippen molar-refractivity contribution in [3.05, 3.63) is 65.1 Å². The molecule has 7 nitrogen and oxygen atoms in total. The highest BCUT2D eigenvalue weighted by atomic mass is 35.5. The Morgan fingerprint density at radius 2 is 1.96 bits per heavy atom. The average molecular weight is 398 g/mol.